The normalized spacial score (nSPS) is 32.6. The van der Waals surface area contributed by atoms with Crippen molar-refractivity contribution in [2.45, 2.75) is 22.6 Å². The van der Waals surface area contributed by atoms with Gasteiger partial charge in [0.15, 0.2) is 0 Å². The summed E-state index contributed by atoms with van der Waals surface area (Å²) in [5, 5.41) is 11.5. The molecule has 3 rings (SSSR count). The summed E-state index contributed by atoms with van der Waals surface area (Å²) in [5.74, 6) is -0.508. The van der Waals surface area contributed by atoms with Crippen molar-refractivity contribution in [2.75, 3.05) is 0 Å². The van der Waals surface area contributed by atoms with Gasteiger partial charge in [0, 0.05) is 11.3 Å². The van der Waals surface area contributed by atoms with Gasteiger partial charge in [0.2, 0.25) is 9.84 Å². The van der Waals surface area contributed by atoms with E-state index in [4.69, 9.17) is 0 Å². The van der Waals surface area contributed by atoms with E-state index in [2.05, 4.69) is 0 Å². The molecule has 0 heterocycles. The van der Waals surface area contributed by atoms with Crippen molar-refractivity contribution >= 4 is 9.84 Å². The first-order valence-electron chi connectivity index (χ1n) is 6.11. The minimum absolute atomic E-state index is 0.00823. The smallest absolute Gasteiger partial charge is 0.263 e. The number of fused-ring (bicyclic) bond motifs is 2. The fourth-order valence-electron chi connectivity index (χ4n) is 3.21. The molecule has 0 aromatic heterocycles. The molecule has 0 radical (unpaired) electrons. The Morgan fingerprint density at radius 2 is 1.89 bits per heavy atom. The van der Waals surface area contributed by atoms with Crippen LogP contribution in [0.15, 0.2) is 47.4 Å². The monoisotopic (exact) mass is 279 g/mol. The minimum atomic E-state index is -3.98. The lowest BCUT2D eigenvalue weighted by Crippen LogP contribution is -2.49. The second-order valence-electron chi connectivity index (χ2n) is 5.11. The summed E-state index contributed by atoms with van der Waals surface area (Å²) >= 11 is 0. The van der Waals surface area contributed by atoms with Crippen molar-refractivity contribution in [3.05, 3.63) is 52.6 Å². The van der Waals surface area contributed by atoms with Crippen molar-refractivity contribution in [1.29, 1.82) is 0 Å². The highest BCUT2D eigenvalue weighted by Gasteiger charge is 2.67. The lowest BCUT2D eigenvalue weighted by atomic mass is 10.0. The van der Waals surface area contributed by atoms with Gasteiger partial charge >= 0.3 is 4.87 Å². The Labute approximate surface area is 111 Å². The van der Waals surface area contributed by atoms with Gasteiger partial charge in [-0.1, -0.05) is 30.4 Å². The minimum Gasteiger partial charge on any atom is -0.263 e. The quantitative estimate of drug-likeness (QED) is 0.482. The van der Waals surface area contributed by atoms with Gasteiger partial charge in [0.1, 0.15) is 0 Å². The molecule has 0 saturated heterocycles. The van der Waals surface area contributed by atoms with Crippen LogP contribution in [0.3, 0.4) is 0 Å². The molecular formula is C13H13NO4S. The number of hydrogen-bond acceptors (Lipinski definition) is 4. The summed E-state index contributed by atoms with van der Waals surface area (Å²) in [6, 6.07) is 7.72. The summed E-state index contributed by atoms with van der Waals surface area (Å²) in [5.41, 5.74) is 0. The maximum atomic E-state index is 12.7. The fraction of sp³-hybridized carbons (Fsp3) is 0.385. The first-order chi connectivity index (χ1) is 8.98. The molecular weight excluding hydrogens is 266 g/mol. The Morgan fingerprint density at radius 1 is 1.21 bits per heavy atom. The second-order valence-corrected chi connectivity index (χ2v) is 7.29. The summed E-state index contributed by atoms with van der Waals surface area (Å²) in [6.45, 7) is 0. The first kappa shape index (κ1) is 12.3. The standard InChI is InChI=1S/C13H13NO4S/c15-14(16)13(9-10-6-7-11(13)8-10)19(17,18)12-4-2-1-3-5-12/h1-7,10-11H,8-9H2/t10-,11+,13+/m1/s1. The molecule has 1 aromatic rings. The molecule has 1 fully saturated rings. The van der Waals surface area contributed by atoms with Crippen molar-refractivity contribution in [2.24, 2.45) is 11.8 Å². The van der Waals surface area contributed by atoms with Gasteiger partial charge in [-0.25, -0.2) is 8.42 Å². The third kappa shape index (κ3) is 1.49. The third-order valence-corrected chi connectivity index (χ3v) is 6.58. The van der Waals surface area contributed by atoms with Crippen LogP contribution in [0, 0.1) is 22.0 Å². The zero-order chi connectivity index (χ0) is 13.7. The number of nitrogens with zero attached hydrogens (tertiary/aromatic N) is 1. The van der Waals surface area contributed by atoms with E-state index in [1.165, 1.54) is 12.1 Å². The average Bonchev–Trinajstić information content (AvgIpc) is 3.00. The molecule has 100 valence electrons. The molecule has 2 aliphatic rings. The van der Waals surface area contributed by atoms with Crippen LogP contribution in [0.4, 0.5) is 0 Å². The van der Waals surface area contributed by atoms with Gasteiger partial charge in [0.25, 0.3) is 0 Å². The number of hydrogen-bond donors (Lipinski definition) is 0. The predicted octanol–water partition coefficient (Wildman–Crippen LogP) is 2.03. The molecule has 2 aliphatic carbocycles. The Hall–Kier alpha value is -1.69. The van der Waals surface area contributed by atoms with Crippen LogP contribution >= 0.6 is 0 Å². The number of nitro groups is 1. The van der Waals surface area contributed by atoms with Gasteiger partial charge in [0.05, 0.1) is 10.8 Å². The van der Waals surface area contributed by atoms with Crippen LogP contribution < -0.4 is 0 Å². The SMILES string of the molecule is O=[N+]([O-])[C@]1(S(=O)(=O)c2ccccc2)C[C@@H]2C=C[C@H]1C2. The van der Waals surface area contributed by atoms with E-state index in [0.29, 0.717) is 6.42 Å². The topological polar surface area (TPSA) is 77.3 Å². The summed E-state index contributed by atoms with van der Waals surface area (Å²) < 4.78 is 25.4. The van der Waals surface area contributed by atoms with Crippen molar-refractivity contribution in [1.82, 2.24) is 0 Å². The maximum absolute atomic E-state index is 12.7. The summed E-state index contributed by atoms with van der Waals surface area (Å²) in [4.78, 5) is 9.09. The highest BCUT2D eigenvalue weighted by Crippen LogP contribution is 2.52. The average molecular weight is 279 g/mol. The van der Waals surface area contributed by atoms with Crippen LogP contribution in [0.1, 0.15) is 12.8 Å². The number of allylic oxidation sites excluding steroid dienone is 1. The van der Waals surface area contributed by atoms with Crippen LogP contribution in [0.5, 0.6) is 0 Å². The molecule has 5 nitrogen and oxygen atoms in total. The zero-order valence-electron chi connectivity index (χ0n) is 10.1. The number of benzene rings is 1. The van der Waals surface area contributed by atoms with E-state index < -0.39 is 25.5 Å². The van der Waals surface area contributed by atoms with Crippen molar-refractivity contribution in [3.8, 4) is 0 Å². The van der Waals surface area contributed by atoms with Gasteiger partial charge in [-0.15, -0.1) is 0 Å². The van der Waals surface area contributed by atoms with Gasteiger partial charge in [-0.2, -0.15) is 0 Å². The fourth-order valence-corrected chi connectivity index (χ4v) is 5.33. The molecule has 0 aliphatic heterocycles. The lowest BCUT2D eigenvalue weighted by molar-refractivity contribution is -0.545. The van der Waals surface area contributed by atoms with Crippen LogP contribution in [-0.4, -0.2) is 18.2 Å². The summed E-state index contributed by atoms with van der Waals surface area (Å²) in [7, 11) is -3.98. The van der Waals surface area contributed by atoms with E-state index in [9.17, 15) is 18.5 Å². The van der Waals surface area contributed by atoms with Crippen molar-refractivity contribution < 1.29 is 13.3 Å². The molecule has 0 N–H and O–H groups in total. The van der Waals surface area contributed by atoms with Gasteiger partial charge < -0.3 is 0 Å². The van der Waals surface area contributed by atoms with E-state index in [-0.39, 0.29) is 17.2 Å². The molecule has 3 atom stereocenters. The Bertz CT molecular complexity index is 652. The molecule has 1 aromatic carbocycles. The van der Waals surface area contributed by atoms with E-state index in [1.54, 1.807) is 24.3 Å². The molecule has 0 spiro atoms. The van der Waals surface area contributed by atoms with Crippen molar-refractivity contribution in [3.63, 3.8) is 0 Å². The molecule has 2 bridgehead atoms. The number of sulfone groups is 1. The van der Waals surface area contributed by atoms with Crippen LogP contribution in [0.25, 0.3) is 0 Å². The highest BCUT2D eigenvalue weighted by atomic mass is 32.2. The maximum Gasteiger partial charge on any atom is 0.329 e. The predicted molar refractivity (Wildman–Crippen MR) is 68.7 cm³/mol. The Morgan fingerprint density at radius 3 is 2.37 bits per heavy atom. The Kier molecular flexibility index (Phi) is 2.53. The molecule has 6 heteroatoms. The Balaban J connectivity index is 2.18. The highest BCUT2D eigenvalue weighted by molar-refractivity contribution is 7.92. The zero-order valence-corrected chi connectivity index (χ0v) is 10.9. The lowest BCUT2D eigenvalue weighted by Gasteiger charge is -2.26. The van der Waals surface area contributed by atoms with E-state index >= 15 is 0 Å². The first-order valence-corrected chi connectivity index (χ1v) is 7.59. The van der Waals surface area contributed by atoms with Crippen LogP contribution in [0.2, 0.25) is 0 Å². The largest absolute Gasteiger partial charge is 0.329 e. The van der Waals surface area contributed by atoms with E-state index in [0.717, 1.165) is 0 Å². The number of rotatable bonds is 3. The summed E-state index contributed by atoms with van der Waals surface area (Å²) in [6.07, 6.45) is 4.23. The van der Waals surface area contributed by atoms with Gasteiger partial charge in [-0.05, 0) is 24.5 Å². The van der Waals surface area contributed by atoms with Crippen LogP contribution in [-0.2, 0) is 9.84 Å². The van der Waals surface area contributed by atoms with E-state index in [1.807, 2.05) is 6.08 Å². The molecule has 0 unspecified atom stereocenters. The second kappa shape index (κ2) is 3.90. The molecule has 0 amide bonds. The molecule has 1 saturated carbocycles. The third-order valence-electron chi connectivity index (χ3n) is 4.13. The van der Waals surface area contributed by atoms with Gasteiger partial charge in [-0.3, -0.25) is 10.1 Å². The molecule has 19 heavy (non-hydrogen) atoms.